The highest BCUT2D eigenvalue weighted by molar-refractivity contribution is 7.14. The fraction of sp³-hybridized carbons (Fsp3) is 0.227. The molecule has 0 fully saturated rings. The van der Waals surface area contributed by atoms with Crippen molar-refractivity contribution < 1.29 is 14.3 Å². The number of aromatic amines is 2. The van der Waals surface area contributed by atoms with Gasteiger partial charge in [-0.05, 0) is 39.3 Å². The van der Waals surface area contributed by atoms with Crippen LogP contribution in [0.15, 0.2) is 29.6 Å². The number of aryl methyl sites for hydroxylation is 2. The van der Waals surface area contributed by atoms with Gasteiger partial charge in [-0.15, -0.1) is 11.3 Å². The number of rotatable bonds is 5. The van der Waals surface area contributed by atoms with Gasteiger partial charge < -0.3 is 14.7 Å². The summed E-state index contributed by atoms with van der Waals surface area (Å²) >= 11 is 1.36. The van der Waals surface area contributed by atoms with Crippen LogP contribution in [0, 0.1) is 20.8 Å². The number of anilines is 1. The van der Waals surface area contributed by atoms with Crippen molar-refractivity contribution in [2.45, 2.75) is 27.7 Å². The van der Waals surface area contributed by atoms with E-state index in [1.54, 1.807) is 20.8 Å². The highest BCUT2D eigenvalue weighted by Gasteiger charge is 2.23. The van der Waals surface area contributed by atoms with E-state index in [9.17, 15) is 9.59 Å². The summed E-state index contributed by atoms with van der Waals surface area (Å²) in [5.74, 6) is -0.781. The van der Waals surface area contributed by atoms with E-state index in [0.717, 1.165) is 27.9 Å². The van der Waals surface area contributed by atoms with Crippen LogP contribution >= 0.6 is 11.3 Å². The highest BCUT2D eigenvalue weighted by Crippen LogP contribution is 2.34. The Morgan fingerprint density at radius 1 is 1.13 bits per heavy atom. The number of H-pyrrole nitrogens is 2. The fourth-order valence-corrected chi connectivity index (χ4v) is 4.40. The number of carbonyl (C=O) groups is 2. The molecule has 0 aliphatic carbocycles. The Kier molecular flexibility index (Phi) is 5.17. The minimum Gasteiger partial charge on any atom is -0.462 e. The van der Waals surface area contributed by atoms with Gasteiger partial charge in [0.25, 0.3) is 5.91 Å². The lowest BCUT2D eigenvalue weighted by Gasteiger charge is -2.03. The Labute approximate surface area is 177 Å². The molecule has 154 valence electrons. The van der Waals surface area contributed by atoms with Crippen LogP contribution in [0.4, 0.5) is 5.13 Å². The standard InChI is InChI=1S/C22H22N4O3S/c1-5-29-21(28)17-11(2)19(24-12(17)3)20(27)26-22-25-16(10-30-22)18-13(4)23-15-9-7-6-8-14(15)18/h6-10,23-24H,5H2,1-4H3,(H,25,26,27). The van der Waals surface area contributed by atoms with Gasteiger partial charge in [0.05, 0.1) is 17.9 Å². The Morgan fingerprint density at radius 3 is 2.67 bits per heavy atom. The van der Waals surface area contributed by atoms with Gasteiger partial charge in [0, 0.05) is 33.2 Å². The zero-order valence-corrected chi connectivity index (χ0v) is 18.0. The van der Waals surface area contributed by atoms with Gasteiger partial charge >= 0.3 is 5.97 Å². The van der Waals surface area contributed by atoms with E-state index >= 15 is 0 Å². The molecule has 0 aliphatic rings. The number of thiazole rings is 1. The minimum atomic E-state index is -0.436. The Morgan fingerprint density at radius 2 is 1.90 bits per heavy atom. The van der Waals surface area contributed by atoms with Gasteiger partial charge in [-0.3, -0.25) is 10.1 Å². The van der Waals surface area contributed by atoms with Crippen molar-refractivity contribution in [3.05, 3.63) is 57.9 Å². The molecular weight excluding hydrogens is 400 g/mol. The van der Waals surface area contributed by atoms with E-state index in [1.807, 2.05) is 36.6 Å². The van der Waals surface area contributed by atoms with Crippen LogP contribution in [-0.2, 0) is 4.74 Å². The summed E-state index contributed by atoms with van der Waals surface area (Å²) in [7, 11) is 0. The van der Waals surface area contributed by atoms with E-state index in [1.165, 1.54) is 11.3 Å². The Hall–Kier alpha value is -3.39. The summed E-state index contributed by atoms with van der Waals surface area (Å²) in [6, 6.07) is 8.05. The van der Waals surface area contributed by atoms with Crippen molar-refractivity contribution in [3.63, 3.8) is 0 Å². The van der Waals surface area contributed by atoms with Crippen molar-refractivity contribution in [2.75, 3.05) is 11.9 Å². The average molecular weight is 423 g/mol. The summed E-state index contributed by atoms with van der Waals surface area (Å²) in [5, 5.41) is 6.34. The minimum absolute atomic E-state index is 0.277. The second-order valence-electron chi connectivity index (χ2n) is 7.01. The highest BCUT2D eigenvalue weighted by atomic mass is 32.1. The number of benzene rings is 1. The van der Waals surface area contributed by atoms with Crippen LogP contribution in [-0.4, -0.2) is 33.4 Å². The molecule has 0 aliphatic heterocycles. The molecule has 4 aromatic rings. The lowest BCUT2D eigenvalue weighted by atomic mass is 10.1. The molecule has 0 saturated carbocycles. The van der Waals surface area contributed by atoms with Crippen LogP contribution in [0.5, 0.6) is 0 Å². The fourth-order valence-electron chi connectivity index (χ4n) is 3.70. The van der Waals surface area contributed by atoms with Crippen LogP contribution in [0.25, 0.3) is 22.2 Å². The largest absolute Gasteiger partial charge is 0.462 e. The molecule has 0 bridgehead atoms. The number of hydrogen-bond donors (Lipinski definition) is 3. The zero-order valence-electron chi connectivity index (χ0n) is 17.2. The number of fused-ring (bicyclic) bond motifs is 1. The first-order valence-electron chi connectivity index (χ1n) is 9.61. The van der Waals surface area contributed by atoms with Crippen molar-refractivity contribution in [1.29, 1.82) is 0 Å². The van der Waals surface area contributed by atoms with Crippen LogP contribution in [0.3, 0.4) is 0 Å². The topological polar surface area (TPSA) is 99.9 Å². The first kappa shape index (κ1) is 19.9. The van der Waals surface area contributed by atoms with E-state index in [-0.39, 0.29) is 12.5 Å². The van der Waals surface area contributed by atoms with E-state index < -0.39 is 5.97 Å². The third kappa shape index (κ3) is 3.39. The SMILES string of the molecule is CCOC(=O)c1c(C)[nH]c(C(=O)Nc2nc(-c3c(C)[nH]c4ccccc34)cs2)c1C. The molecule has 4 rings (SSSR count). The number of amides is 1. The molecule has 1 amide bonds. The van der Waals surface area contributed by atoms with Crippen molar-refractivity contribution in [3.8, 4) is 11.3 Å². The maximum absolute atomic E-state index is 12.8. The van der Waals surface area contributed by atoms with Crippen molar-refractivity contribution in [1.82, 2.24) is 15.0 Å². The molecular formula is C22H22N4O3S. The number of hydrogen-bond acceptors (Lipinski definition) is 5. The first-order valence-corrected chi connectivity index (χ1v) is 10.5. The average Bonchev–Trinajstić information content (AvgIpc) is 3.36. The van der Waals surface area contributed by atoms with Crippen LogP contribution in [0.1, 0.15) is 44.7 Å². The quantitative estimate of drug-likeness (QED) is 0.395. The molecule has 0 radical (unpaired) electrons. The van der Waals surface area contributed by atoms with Crippen LogP contribution in [0.2, 0.25) is 0 Å². The van der Waals surface area contributed by atoms with Crippen molar-refractivity contribution in [2.24, 2.45) is 0 Å². The Balaban J connectivity index is 1.60. The maximum atomic E-state index is 12.8. The number of aromatic nitrogens is 3. The number of carbonyl (C=O) groups excluding carboxylic acids is 2. The monoisotopic (exact) mass is 422 g/mol. The summed E-state index contributed by atoms with van der Waals surface area (Å²) < 4.78 is 5.09. The molecule has 1 aromatic carbocycles. The summed E-state index contributed by atoms with van der Waals surface area (Å²) in [6.07, 6.45) is 0. The predicted octanol–water partition coefficient (Wildman–Crippen LogP) is 4.97. The third-order valence-electron chi connectivity index (χ3n) is 5.02. The summed E-state index contributed by atoms with van der Waals surface area (Å²) in [4.78, 5) is 36.0. The zero-order chi connectivity index (χ0) is 21.4. The molecule has 0 unspecified atom stereocenters. The number of para-hydroxylation sites is 1. The number of ether oxygens (including phenoxy) is 1. The normalized spacial score (nSPS) is 11.1. The molecule has 3 aromatic heterocycles. The first-order chi connectivity index (χ1) is 14.4. The number of esters is 1. The van der Waals surface area contributed by atoms with Gasteiger partial charge in [-0.2, -0.15) is 0 Å². The van der Waals surface area contributed by atoms with E-state index in [4.69, 9.17) is 4.74 Å². The summed E-state index contributed by atoms with van der Waals surface area (Å²) in [5.41, 5.74) is 5.79. The molecule has 3 N–H and O–H groups in total. The second-order valence-corrected chi connectivity index (χ2v) is 7.87. The van der Waals surface area contributed by atoms with E-state index in [0.29, 0.717) is 27.6 Å². The van der Waals surface area contributed by atoms with Gasteiger partial charge in [-0.25, -0.2) is 9.78 Å². The third-order valence-corrected chi connectivity index (χ3v) is 5.78. The molecule has 0 atom stereocenters. The van der Waals surface area contributed by atoms with Crippen LogP contribution < -0.4 is 5.32 Å². The molecule has 7 nitrogen and oxygen atoms in total. The molecule has 3 heterocycles. The number of nitrogens with one attached hydrogen (secondary N) is 3. The lowest BCUT2D eigenvalue weighted by molar-refractivity contribution is 0.0525. The van der Waals surface area contributed by atoms with E-state index in [2.05, 4.69) is 20.3 Å². The molecule has 8 heteroatoms. The lowest BCUT2D eigenvalue weighted by Crippen LogP contribution is -2.14. The second kappa shape index (κ2) is 7.79. The van der Waals surface area contributed by atoms with Crippen molar-refractivity contribution >= 4 is 39.2 Å². The number of nitrogens with zero attached hydrogens (tertiary/aromatic N) is 1. The smallest absolute Gasteiger partial charge is 0.340 e. The molecule has 30 heavy (non-hydrogen) atoms. The molecule has 0 saturated heterocycles. The predicted molar refractivity (Wildman–Crippen MR) is 118 cm³/mol. The summed E-state index contributed by atoms with van der Waals surface area (Å²) in [6.45, 7) is 7.51. The molecule has 0 spiro atoms. The van der Waals surface area contributed by atoms with Gasteiger partial charge in [-0.1, -0.05) is 18.2 Å². The van der Waals surface area contributed by atoms with Gasteiger partial charge in [0.1, 0.15) is 5.69 Å². The van der Waals surface area contributed by atoms with Gasteiger partial charge in [0.2, 0.25) is 0 Å². The van der Waals surface area contributed by atoms with Gasteiger partial charge in [0.15, 0.2) is 5.13 Å². The maximum Gasteiger partial charge on any atom is 0.340 e. The Bertz CT molecular complexity index is 1260.